The van der Waals surface area contributed by atoms with E-state index in [1.807, 2.05) is 42.6 Å². The van der Waals surface area contributed by atoms with Crippen molar-refractivity contribution in [3.8, 4) is 23.1 Å². The summed E-state index contributed by atoms with van der Waals surface area (Å²) >= 11 is 0. The summed E-state index contributed by atoms with van der Waals surface area (Å²) < 4.78 is 7.23. The van der Waals surface area contributed by atoms with Crippen LogP contribution in [0.1, 0.15) is 16.8 Å². The minimum absolute atomic E-state index is 0.664. The summed E-state index contributed by atoms with van der Waals surface area (Å²) in [6.45, 7) is 3.94. The molecule has 0 unspecified atom stereocenters. The Morgan fingerprint density at radius 3 is 2.67 bits per heavy atom. The van der Waals surface area contributed by atoms with Crippen LogP contribution in [0.15, 0.2) is 36.5 Å². The second kappa shape index (κ2) is 4.95. The Bertz CT molecular complexity index is 872. The number of imidazole rings is 1. The van der Waals surface area contributed by atoms with Gasteiger partial charge in [-0.15, -0.1) is 0 Å². The van der Waals surface area contributed by atoms with Gasteiger partial charge in [0.25, 0.3) is 0 Å². The molecule has 2 heterocycles. The van der Waals surface area contributed by atoms with Crippen LogP contribution in [0.2, 0.25) is 0 Å². The van der Waals surface area contributed by atoms with Crippen LogP contribution in [0.5, 0.6) is 5.75 Å². The summed E-state index contributed by atoms with van der Waals surface area (Å²) in [5, 5.41) is 9.10. The minimum Gasteiger partial charge on any atom is -0.496 e. The van der Waals surface area contributed by atoms with Gasteiger partial charge in [-0.25, -0.2) is 4.98 Å². The van der Waals surface area contributed by atoms with Gasteiger partial charge in [0.1, 0.15) is 17.5 Å². The number of ether oxygens (including phenoxy) is 1. The Morgan fingerprint density at radius 1 is 1.19 bits per heavy atom. The lowest BCUT2D eigenvalue weighted by Gasteiger charge is -2.05. The molecule has 21 heavy (non-hydrogen) atoms. The monoisotopic (exact) mass is 277 g/mol. The van der Waals surface area contributed by atoms with E-state index in [9.17, 15) is 0 Å². The number of hydrogen-bond acceptors (Lipinski definition) is 3. The Kier molecular flexibility index (Phi) is 3.11. The van der Waals surface area contributed by atoms with Crippen molar-refractivity contribution in [2.24, 2.45) is 0 Å². The number of benzene rings is 1. The van der Waals surface area contributed by atoms with E-state index in [-0.39, 0.29) is 0 Å². The zero-order chi connectivity index (χ0) is 15.0. The molecule has 0 N–H and O–H groups in total. The Hall–Kier alpha value is -2.80. The maximum atomic E-state index is 9.10. The number of rotatable bonds is 2. The molecular formula is C17H15N3O. The van der Waals surface area contributed by atoms with Crippen LogP contribution >= 0.6 is 0 Å². The van der Waals surface area contributed by atoms with Crippen molar-refractivity contribution in [2.75, 3.05) is 7.11 Å². The first kappa shape index (κ1) is 13.2. The molecule has 1 aromatic carbocycles. The molecule has 2 aromatic heterocycles. The van der Waals surface area contributed by atoms with E-state index in [0.717, 1.165) is 33.9 Å². The lowest BCUT2D eigenvalue weighted by Crippen LogP contribution is -1.93. The third kappa shape index (κ3) is 2.13. The first-order valence-electron chi connectivity index (χ1n) is 6.68. The van der Waals surface area contributed by atoms with E-state index in [1.165, 1.54) is 0 Å². The van der Waals surface area contributed by atoms with Crippen molar-refractivity contribution < 1.29 is 4.74 Å². The predicted octanol–water partition coefficient (Wildman–Crippen LogP) is 3.50. The minimum atomic E-state index is 0.664. The van der Waals surface area contributed by atoms with E-state index in [1.54, 1.807) is 13.2 Å². The van der Waals surface area contributed by atoms with Crippen LogP contribution in [-0.4, -0.2) is 16.5 Å². The molecule has 0 radical (unpaired) electrons. The first-order chi connectivity index (χ1) is 10.1. The summed E-state index contributed by atoms with van der Waals surface area (Å²) in [4.78, 5) is 4.63. The average Bonchev–Trinajstić information content (AvgIpc) is 2.92. The quantitative estimate of drug-likeness (QED) is 0.720. The lowest BCUT2D eigenvalue weighted by molar-refractivity contribution is 0.412. The van der Waals surface area contributed by atoms with Crippen LogP contribution < -0.4 is 4.74 Å². The van der Waals surface area contributed by atoms with Gasteiger partial charge >= 0.3 is 0 Å². The van der Waals surface area contributed by atoms with Gasteiger partial charge in [0, 0.05) is 17.5 Å². The van der Waals surface area contributed by atoms with Crippen molar-refractivity contribution in [1.82, 2.24) is 9.38 Å². The van der Waals surface area contributed by atoms with Gasteiger partial charge in [-0.05, 0) is 49.7 Å². The zero-order valence-electron chi connectivity index (χ0n) is 12.2. The molecule has 3 rings (SSSR count). The Morgan fingerprint density at radius 2 is 2.00 bits per heavy atom. The molecule has 0 amide bonds. The average molecular weight is 277 g/mol. The molecule has 0 saturated carbocycles. The largest absolute Gasteiger partial charge is 0.496 e. The van der Waals surface area contributed by atoms with Crippen molar-refractivity contribution in [3.05, 3.63) is 53.3 Å². The molecule has 0 saturated heterocycles. The van der Waals surface area contributed by atoms with Gasteiger partial charge in [0.15, 0.2) is 0 Å². The Balaban J connectivity index is 2.16. The second-order valence-corrected chi connectivity index (χ2v) is 4.98. The normalized spacial score (nSPS) is 10.6. The van der Waals surface area contributed by atoms with E-state index in [2.05, 4.69) is 17.1 Å². The van der Waals surface area contributed by atoms with Crippen molar-refractivity contribution in [1.29, 1.82) is 5.26 Å². The standard InChI is InChI=1S/C17H15N3O/c1-11-8-13(4-6-16(11)21-3)15-10-20-12(2)14(9-18)5-7-17(20)19-15/h4-8,10H,1-3H3. The fraction of sp³-hybridized carbons (Fsp3) is 0.176. The number of nitriles is 1. The number of fused-ring (bicyclic) bond motifs is 1. The fourth-order valence-corrected chi connectivity index (χ4v) is 2.48. The van der Waals surface area contributed by atoms with Gasteiger partial charge in [-0.1, -0.05) is 0 Å². The van der Waals surface area contributed by atoms with Crippen LogP contribution in [0.25, 0.3) is 16.9 Å². The molecule has 0 atom stereocenters. The highest BCUT2D eigenvalue weighted by molar-refractivity contribution is 5.65. The summed E-state index contributed by atoms with van der Waals surface area (Å²) in [6.07, 6.45) is 1.97. The molecule has 0 spiro atoms. The molecule has 0 aliphatic carbocycles. The van der Waals surface area contributed by atoms with Gasteiger partial charge in [0.05, 0.1) is 18.4 Å². The van der Waals surface area contributed by atoms with E-state index < -0.39 is 0 Å². The summed E-state index contributed by atoms with van der Waals surface area (Å²) in [5.41, 5.74) is 5.40. The third-order valence-corrected chi connectivity index (χ3v) is 3.69. The SMILES string of the molecule is COc1ccc(-c2cn3c(C)c(C#N)ccc3n2)cc1C. The molecule has 3 aromatic rings. The van der Waals surface area contributed by atoms with Crippen LogP contribution in [0.3, 0.4) is 0 Å². The highest BCUT2D eigenvalue weighted by Crippen LogP contribution is 2.26. The summed E-state index contributed by atoms with van der Waals surface area (Å²) in [5.74, 6) is 0.866. The van der Waals surface area contributed by atoms with Gasteiger partial charge in [-0.3, -0.25) is 0 Å². The smallest absolute Gasteiger partial charge is 0.137 e. The maximum Gasteiger partial charge on any atom is 0.137 e. The highest BCUT2D eigenvalue weighted by atomic mass is 16.5. The maximum absolute atomic E-state index is 9.10. The third-order valence-electron chi connectivity index (χ3n) is 3.69. The fourth-order valence-electron chi connectivity index (χ4n) is 2.48. The number of nitrogens with zero attached hydrogens (tertiary/aromatic N) is 3. The number of aryl methyl sites for hydroxylation is 2. The predicted molar refractivity (Wildman–Crippen MR) is 81.4 cm³/mol. The van der Waals surface area contributed by atoms with Gasteiger partial charge in [0.2, 0.25) is 0 Å². The number of methoxy groups -OCH3 is 1. The van der Waals surface area contributed by atoms with Gasteiger partial charge < -0.3 is 9.14 Å². The molecule has 0 aliphatic heterocycles. The molecule has 4 heteroatoms. The van der Waals surface area contributed by atoms with Crippen molar-refractivity contribution in [2.45, 2.75) is 13.8 Å². The molecular weight excluding hydrogens is 262 g/mol. The molecule has 0 fully saturated rings. The van der Waals surface area contributed by atoms with E-state index in [0.29, 0.717) is 5.56 Å². The molecule has 104 valence electrons. The zero-order valence-corrected chi connectivity index (χ0v) is 12.2. The summed E-state index contributed by atoms with van der Waals surface area (Å²) in [6, 6.07) is 11.9. The second-order valence-electron chi connectivity index (χ2n) is 4.98. The number of pyridine rings is 1. The summed E-state index contributed by atoms with van der Waals surface area (Å²) in [7, 11) is 1.67. The van der Waals surface area contributed by atoms with Crippen LogP contribution in [-0.2, 0) is 0 Å². The van der Waals surface area contributed by atoms with Gasteiger partial charge in [-0.2, -0.15) is 5.26 Å². The lowest BCUT2D eigenvalue weighted by atomic mass is 10.1. The number of aromatic nitrogens is 2. The van der Waals surface area contributed by atoms with Crippen molar-refractivity contribution >= 4 is 5.65 Å². The van der Waals surface area contributed by atoms with Crippen LogP contribution in [0.4, 0.5) is 0 Å². The van der Waals surface area contributed by atoms with Crippen molar-refractivity contribution in [3.63, 3.8) is 0 Å². The highest BCUT2D eigenvalue weighted by Gasteiger charge is 2.09. The number of hydrogen-bond donors (Lipinski definition) is 0. The molecule has 0 bridgehead atoms. The topological polar surface area (TPSA) is 50.3 Å². The van der Waals surface area contributed by atoms with E-state index in [4.69, 9.17) is 10.00 Å². The Labute approximate surface area is 123 Å². The molecule has 4 nitrogen and oxygen atoms in total. The van der Waals surface area contributed by atoms with E-state index >= 15 is 0 Å². The first-order valence-corrected chi connectivity index (χ1v) is 6.68. The molecule has 0 aliphatic rings. The van der Waals surface area contributed by atoms with Crippen LogP contribution in [0, 0.1) is 25.2 Å².